The van der Waals surface area contributed by atoms with Gasteiger partial charge in [-0.05, 0) is 24.6 Å². The molecule has 0 aliphatic rings. The summed E-state index contributed by atoms with van der Waals surface area (Å²) in [6, 6.07) is 19.8. The fourth-order valence-electron chi connectivity index (χ4n) is 2.33. The molecule has 0 saturated heterocycles. The Morgan fingerprint density at radius 2 is 1.68 bits per heavy atom. The normalized spacial score (nSPS) is 12.2. The second-order valence-electron chi connectivity index (χ2n) is 5.44. The Morgan fingerprint density at radius 1 is 1.08 bits per heavy atom. The summed E-state index contributed by atoms with van der Waals surface area (Å²) in [6.07, 6.45) is 0. The fraction of sp³-hybridized carbons (Fsp3) is 0.316. The first-order valence-corrected chi connectivity index (χ1v) is 9.49. The molecule has 136 valence electrons. The summed E-state index contributed by atoms with van der Waals surface area (Å²) in [5.74, 6) is 1.37. The summed E-state index contributed by atoms with van der Waals surface area (Å²) in [6.45, 7) is 4.17. The molecule has 1 unspecified atom stereocenters. The molecule has 0 aliphatic heterocycles. The highest BCUT2D eigenvalue weighted by Gasteiger charge is 2.07. The number of guanidine groups is 1. The van der Waals surface area contributed by atoms with Crippen molar-refractivity contribution in [1.82, 2.24) is 10.2 Å². The van der Waals surface area contributed by atoms with E-state index in [4.69, 9.17) is 0 Å². The minimum atomic E-state index is -1.01. The molecule has 2 rings (SSSR count). The van der Waals surface area contributed by atoms with Gasteiger partial charge in [0.05, 0.1) is 17.3 Å². The lowest BCUT2D eigenvalue weighted by molar-refractivity contribution is 0.477. The van der Waals surface area contributed by atoms with Gasteiger partial charge in [-0.3, -0.25) is 9.20 Å². The number of nitrogens with zero attached hydrogens (tertiary/aromatic N) is 2. The van der Waals surface area contributed by atoms with Crippen molar-refractivity contribution in [3.63, 3.8) is 0 Å². The molecule has 0 aliphatic carbocycles. The molecule has 2 aromatic rings. The Morgan fingerprint density at radius 3 is 2.28 bits per heavy atom. The van der Waals surface area contributed by atoms with Crippen molar-refractivity contribution < 1.29 is 4.21 Å². The van der Waals surface area contributed by atoms with Crippen LogP contribution >= 0.6 is 24.0 Å². The van der Waals surface area contributed by atoms with E-state index in [1.807, 2.05) is 62.5 Å². The SMILES string of the molecule is CCNC(=NCCS(=O)c1ccccc1)N(C)Cc1ccccc1.I. The largest absolute Gasteiger partial charge is 0.357 e. The molecule has 0 bridgehead atoms. The fourth-order valence-corrected chi connectivity index (χ4v) is 3.28. The first-order chi connectivity index (χ1) is 11.7. The molecular formula is C19H26IN3OS. The number of halogens is 1. The molecule has 0 saturated carbocycles. The van der Waals surface area contributed by atoms with Crippen molar-refractivity contribution in [2.75, 3.05) is 25.9 Å². The van der Waals surface area contributed by atoms with Crippen LogP contribution < -0.4 is 5.32 Å². The van der Waals surface area contributed by atoms with Crippen LogP contribution in [-0.4, -0.2) is 41.0 Å². The zero-order chi connectivity index (χ0) is 17.2. The Bertz CT molecular complexity index is 665. The number of aliphatic imine (C=N–C) groups is 1. The van der Waals surface area contributed by atoms with Gasteiger partial charge in [0.15, 0.2) is 5.96 Å². The Kier molecular flexibility index (Phi) is 10.4. The monoisotopic (exact) mass is 471 g/mol. The zero-order valence-corrected chi connectivity index (χ0v) is 17.9. The molecule has 0 amide bonds. The zero-order valence-electron chi connectivity index (χ0n) is 14.7. The third-order valence-electron chi connectivity index (χ3n) is 3.50. The van der Waals surface area contributed by atoms with Gasteiger partial charge in [-0.25, -0.2) is 0 Å². The lowest BCUT2D eigenvalue weighted by atomic mass is 10.2. The predicted octanol–water partition coefficient (Wildman–Crippen LogP) is 3.51. The predicted molar refractivity (Wildman–Crippen MR) is 117 cm³/mol. The Labute approximate surface area is 170 Å². The van der Waals surface area contributed by atoms with Gasteiger partial charge in [-0.1, -0.05) is 48.5 Å². The summed E-state index contributed by atoms with van der Waals surface area (Å²) in [5.41, 5.74) is 1.23. The van der Waals surface area contributed by atoms with Gasteiger partial charge in [0.25, 0.3) is 0 Å². The smallest absolute Gasteiger partial charge is 0.193 e. The van der Waals surface area contributed by atoms with Crippen LogP contribution in [0.15, 0.2) is 70.6 Å². The van der Waals surface area contributed by atoms with Gasteiger partial charge in [0.1, 0.15) is 0 Å². The third kappa shape index (κ3) is 7.56. The van der Waals surface area contributed by atoms with Crippen LogP contribution in [0, 0.1) is 0 Å². The molecule has 25 heavy (non-hydrogen) atoms. The summed E-state index contributed by atoms with van der Waals surface area (Å²) in [7, 11) is 1.01. The third-order valence-corrected chi connectivity index (χ3v) is 4.85. The molecule has 0 aromatic heterocycles. The molecule has 4 nitrogen and oxygen atoms in total. The van der Waals surface area contributed by atoms with Crippen molar-refractivity contribution >= 4 is 40.7 Å². The van der Waals surface area contributed by atoms with Crippen LogP contribution in [0.2, 0.25) is 0 Å². The quantitative estimate of drug-likeness (QED) is 0.382. The van der Waals surface area contributed by atoms with Gasteiger partial charge in [-0.15, -0.1) is 24.0 Å². The number of rotatable bonds is 7. The van der Waals surface area contributed by atoms with Crippen molar-refractivity contribution in [2.45, 2.75) is 18.4 Å². The molecule has 1 N–H and O–H groups in total. The Balaban J connectivity index is 0.00000312. The van der Waals surface area contributed by atoms with Crippen molar-refractivity contribution in [1.29, 1.82) is 0 Å². The van der Waals surface area contributed by atoms with E-state index >= 15 is 0 Å². The summed E-state index contributed by atoms with van der Waals surface area (Å²) >= 11 is 0. The topological polar surface area (TPSA) is 44.7 Å². The van der Waals surface area contributed by atoms with Crippen LogP contribution in [0.5, 0.6) is 0 Å². The second kappa shape index (κ2) is 12.0. The molecule has 0 fully saturated rings. The first kappa shape index (κ1) is 21.6. The van der Waals surface area contributed by atoms with Crippen molar-refractivity contribution in [3.8, 4) is 0 Å². The molecule has 1 atom stereocenters. The van der Waals surface area contributed by atoms with Crippen molar-refractivity contribution in [2.24, 2.45) is 4.99 Å². The van der Waals surface area contributed by atoms with Crippen LogP contribution in [-0.2, 0) is 17.3 Å². The summed E-state index contributed by atoms with van der Waals surface area (Å²) in [5, 5.41) is 3.29. The summed E-state index contributed by atoms with van der Waals surface area (Å²) < 4.78 is 12.3. The highest BCUT2D eigenvalue weighted by atomic mass is 127. The van der Waals surface area contributed by atoms with E-state index in [2.05, 4.69) is 27.3 Å². The van der Waals surface area contributed by atoms with E-state index in [1.165, 1.54) is 5.56 Å². The summed E-state index contributed by atoms with van der Waals surface area (Å²) in [4.78, 5) is 7.56. The highest BCUT2D eigenvalue weighted by molar-refractivity contribution is 14.0. The minimum Gasteiger partial charge on any atom is -0.357 e. The number of nitrogens with one attached hydrogen (secondary N) is 1. The lowest BCUT2D eigenvalue weighted by Gasteiger charge is -2.22. The molecule has 6 heteroatoms. The number of hydrogen-bond donors (Lipinski definition) is 1. The lowest BCUT2D eigenvalue weighted by Crippen LogP contribution is -2.38. The van der Waals surface area contributed by atoms with Gasteiger partial charge in [0.2, 0.25) is 0 Å². The van der Waals surface area contributed by atoms with Gasteiger partial charge >= 0.3 is 0 Å². The highest BCUT2D eigenvalue weighted by Crippen LogP contribution is 2.06. The first-order valence-electron chi connectivity index (χ1n) is 8.17. The van der Waals surface area contributed by atoms with Crippen LogP contribution in [0.3, 0.4) is 0 Å². The van der Waals surface area contributed by atoms with E-state index in [1.54, 1.807) is 0 Å². The van der Waals surface area contributed by atoms with Crippen molar-refractivity contribution in [3.05, 3.63) is 66.2 Å². The van der Waals surface area contributed by atoms with Crippen LogP contribution in [0.25, 0.3) is 0 Å². The maximum Gasteiger partial charge on any atom is 0.193 e. The second-order valence-corrected chi connectivity index (χ2v) is 7.01. The molecular weight excluding hydrogens is 445 g/mol. The molecule has 0 heterocycles. The standard InChI is InChI=1S/C19H25N3OS.HI/c1-3-20-19(22(2)16-17-10-6-4-7-11-17)21-14-15-24(23)18-12-8-5-9-13-18;/h4-13H,3,14-16H2,1-2H3,(H,20,21);1H. The average molecular weight is 471 g/mol. The van der Waals surface area contributed by atoms with E-state index in [9.17, 15) is 4.21 Å². The molecule has 0 spiro atoms. The van der Waals surface area contributed by atoms with Crippen LogP contribution in [0.4, 0.5) is 0 Å². The van der Waals surface area contributed by atoms with E-state index < -0.39 is 10.8 Å². The maximum atomic E-state index is 12.3. The van der Waals surface area contributed by atoms with E-state index in [-0.39, 0.29) is 24.0 Å². The average Bonchev–Trinajstić information content (AvgIpc) is 2.62. The number of hydrogen-bond acceptors (Lipinski definition) is 2. The number of benzene rings is 2. The van der Waals surface area contributed by atoms with E-state index in [0.29, 0.717) is 12.3 Å². The van der Waals surface area contributed by atoms with Gasteiger partial charge in [0, 0.05) is 30.8 Å². The van der Waals surface area contributed by atoms with Crippen LogP contribution in [0.1, 0.15) is 12.5 Å². The van der Waals surface area contributed by atoms with Gasteiger partial charge in [-0.2, -0.15) is 0 Å². The molecule has 0 radical (unpaired) electrons. The van der Waals surface area contributed by atoms with E-state index in [0.717, 1.165) is 23.9 Å². The molecule has 2 aromatic carbocycles. The van der Waals surface area contributed by atoms with Gasteiger partial charge < -0.3 is 10.2 Å². The Hall–Kier alpha value is -1.41. The maximum absolute atomic E-state index is 12.3. The minimum absolute atomic E-state index is 0.